The van der Waals surface area contributed by atoms with E-state index < -0.39 is 21.5 Å². The molecule has 1 aromatic carbocycles. The van der Waals surface area contributed by atoms with Crippen LogP contribution in [-0.2, 0) is 10.0 Å². The van der Waals surface area contributed by atoms with Crippen molar-refractivity contribution in [3.8, 4) is 11.5 Å². The molecule has 1 heterocycles. The summed E-state index contributed by atoms with van der Waals surface area (Å²) in [5.41, 5.74) is 0.137. The van der Waals surface area contributed by atoms with E-state index in [1.165, 1.54) is 12.1 Å². The molecule has 8 nitrogen and oxygen atoms in total. The second-order valence-electron chi connectivity index (χ2n) is 7.74. The van der Waals surface area contributed by atoms with Crippen molar-refractivity contribution in [2.24, 2.45) is 0 Å². The highest BCUT2D eigenvalue weighted by molar-refractivity contribution is 7.89. The number of nitrogens with one attached hydrogen (secondary N) is 2. The molecule has 0 saturated heterocycles. The maximum absolute atomic E-state index is 12.6. The Hall–Kier alpha value is -2.52. The fourth-order valence-electron chi connectivity index (χ4n) is 2.73. The van der Waals surface area contributed by atoms with Gasteiger partial charge in [0.25, 0.3) is 15.9 Å². The van der Waals surface area contributed by atoms with Crippen LogP contribution in [0.1, 0.15) is 63.7 Å². The molecule has 0 fully saturated rings. The average Bonchev–Trinajstić information content (AvgIpc) is 3.13. The van der Waals surface area contributed by atoms with Crippen LogP contribution in [0.2, 0.25) is 0 Å². The first-order chi connectivity index (χ1) is 14.0. The lowest BCUT2D eigenvalue weighted by molar-refractivity contribution is 0.0906. The number of amides is 1. The number of hydrogen-bond donors (Lipinski definition) is 2. The van der Waals surface area contributed by atoms with E-state index in [9.17, 15) is 13.2 Å². The van der Waals surface area contributed by atoms with Crippen molar-refractivity contribution in [1.29, 1.82) is 0 Å². The minimum atomic E-state index is -3.86. The Bertz CT molecular complexity index is 976. The number of furan rings is 1. The summed E-state index contributed by atoms with van der Waals surface area (Å²) in [7, 11) is -3.86. The molecule has 0 saturated carbocycles. The molecule has 0 aliphatic heterocycles. The van der Waals surface area contributed by atoms with E-state index in [0.29, 0.717) is 24.7 Å². The number of ether oxygens (including phenoxy) is 2. The van der Waals surface area contributed by atoms with Gasteiger partial charge < -0.3 is 19.2 Å². The molecule has 30 heavy (non-hydrogen) atoms. The van der Waals surface area contributed by atoms with Crippen LogP contribution in [0.3, 0.4) is 0 Å². The maximum Gasteiger partial charge on any atom is 0.287 e. The van der Waals surface area contributed by atoms with E-state index >= 15 is 0 Å². The maximum atomic E-state index is 12.6. The van der Waals surface area contributed by atoms with Gasteiger partial charge in [-0.1, -0.05) is 6.07 Å². The Kier molecular flexibility index (Phi) is 7.54. The van der Waals surface area contributed by atoms with Crippen molar-refractivity contribution in [1.82, 2.24) is 10.0 Å². The molecular formula is C21H30N2O6S. The number of carbonyl (C=O) groups is 1. The molecule has 2 rings (SSSR count). The van der Waals surface area contributed by atoms with Crippen LogP contribution < -0.4 is 19.5 Å². The summed E-state index contributed by atoms with van der Waals surface area (Å²) in [6.45, 7) is 11.7. The fourth-order valence-corrected chi connectivity index (χ4v) is 4.08. The summed E-state index contributed by atoms with van der Waals surface area (Å²) in [5, 5.41) is 2.49. The number of carbonyl (C=O) groups excluding carboxylic acids is 1. The smallest absolute Gasteiger partial charge is 0.287 e. The van der Waals surface area contributed by atoms with Gasteiger partial charge in [-0.15, -0.1) is 0 Å². The van der Waals surface area contributed by atoms with Gasteiger partial charge in [-0.25, -0.2) is 13.1 Å². The van der Waals surface area contributed by atoms with Gasteiger partial charge in [0.1, 0.15) is 0 Å². The van der Waals surface area contributed by atoms with E-state index in [0.717, 1.165) is 5.56 Å². The van der Waals surface area contributed by atoms with E-state index in [1.807, 2.05) is 32.9 Å². The monoisotopic (exact) mass is 438 g/mol. The highest BCUT2D eigenvalue weighted by Gasteiger charge is 2.26. The molecule has 1 unspecified atom stereocenters. The number of sulfonamides is 1. The van der Waals surface area contributed by atoms with E-state index in [-0.39, 0.29) is 16.9 Å². The summed E-state index contributed by atoms with van der Waals surface area (Å²) in [5.74, 6) is 0.616. The molecule has 2 N–H and O–H groups in total. The van der Waals surface area contributed by atoms with Gasteiger partial charge in [0, 0.05) is 5.54 Å². The summed E-state index contributed by atoms with van der Waals surface area (Å²) < 4.78 is 43.7. The summed E-state index contributed by atoms with van der Waals surface area (Å²) in [4.78, 5) is 12.6. The Morgan fingerprint density at radius 3 is 2.30 bits per heavy atom. The molecule has 0 aliphatic rings. The highest BCUT2D eigenvalue weighted by Crippen LogP contribution is 2.31. The van der Waals surface area contributed by atoms with Crippen molar-refractivity contribution in [3.63, 3.8) is 0 Å². The van der Waals surface area contributed by atoms with Crippen LogP contribution in [0.15, 0.2) is 39.8 Å². The quantitative estimate of drug-likeness (QED) is 0.619. The molecule has 1 aromatic heterocycles. The van der Waals surface area contributed by atoms with Crippen LogP contribution in [0.25, 0.3) is 0 Å². The minimum absolute atomic E-state index is 0.0906. The Morgan fingerprint density at radius 2 is 1.70 bits per heavy atom. The van der Waals surface area contributed by atoms with E-state index in [1.54, 1.807) is 26.8 Å². The molecule has 2 aromatic rings. The molecule has 9 heteroatoms. The van der Waals surface area contributed by atoms with Crippen molar-refractivity contribution in [2.45, 2.75) is 58.2 Å². The van der Waals surface area contributed by atoms with Gasteiger partial charge >= 0.3 is 0 Å². The van der Waals surface area contributed by atoms with Crippen molar-refractivity contribution in [3.05, 3.63) is 41.7 Å². The predicted octanol–water partition coefficient (Wildman–Crippen LogP) is 3.64. The van der Waals surface area contributed by atoms with Crippen LogP contribution in [0, 0.1) is 0 Å². The molecule has 0 bridgehead atoms. The molecule has 0 aliphatic carbocycles. The number of hydrogen-bond acceptors (Lipinski definition) is 6. The van der Waals surface area contributed by atoms with Gasteiger partial charge in [0.2, 0.25) is 5.09 Å². The third-order valence-electron chi connectivity index (χ3n) is 3.93. The van der Waals surface area contributed by atoms with Gasteiger partial charge in [0.15, 0.2) is 17.3 Å². The zero-order chi connectivity index (χ0) is 22.5. The number of rotatable bonds is 9. The lowest BCUT2D eigenvalue weighted by Crippen LogP contribution is -2.40. The summed E-state index contributed by atoms with van der Waals surface area (Å²) in [6, 6.07) is 7.67. The van der Waals surface area contributed by atoms with Gasteiger partial charge in [-0.3, -0.25) is 4.79 Å². The van der Waals surface area contributed by atoms with Gasteiger partial charge in [-0.05, 0) is 71.4 Å². The SMILES string of the molecule is CCOc1ccc(C(C)NC(=O)c2ccc(S(=O)(=O)NC(C)(C)C)o2)cc1OCC. The van der Waals surface area contributed by atoms with Crippen LogP contribution in [0.5, 0.6) is 11.5 Å². The van der Waals surface area contributed by atoms with Crippen molar-refractivity contribution >= 4 is 15.9 Å². The second kappa shape index (κ2) is 9.53. The molecule has 0 radical (unpaired) electrons. The average molecular weight is 439 g/mol. The van der Waals surface area contributed by atoms with Crippen LogP contribution >= 0.6 is 0 Å². The predicted molar refractivity (Wildman–Crippen MR) is 113 cm³/mol. The standard InChI is InChI=1S/C21H30N2O6S/c1-7-27-16-10-9-15(13-18(16)28-8-2)14(3)22-20(24)17-11-12-19(29-17)30(25,26)23-21(4,5)6/h9-14,23H,7-8H2,1-6H3,(H,22,24). The summed E-state index contributed by atoms with van der Waals surface area (Å²) in [6.07, 6.45) is 0. The first kappa shape index (κ1) is 23.8. The number of benzene rings is 1. The topological polar surface area (TPSA) is 107 Å². The molecule has 1 atom stereocenters. The first-order valence-corrected chi connectivity index (χ1v) is 11.3. The van der Waals surface area contributed by atoms with Crippen molar-refractivity contribution < 1.29 is 27.1 Å². The molecule has 166 valence electrons. The van der Waals surface area contributed by atoms with Crippen LogP contribution in [-0.4, -0.2) is 33.1 Å². The second-order valence-corrected chi connectivity index (χ2v) is 9.35. The molecular weight excluding hydrogens is 408 g/mol. The van der Waals surface area contributed by atoms with E-state index in [2.05, 4.69) is 10.0 Å². The Balaban J connectivity index is 2.15. The lowest BCUT2D eigenvalue weighted by atomic mass is 10.1. The normalized spacial score (nSPS) is 13.0. The zero-order valence-corrected chi connectivity index (χ0v) is 19.1. The Morgan fingerprint density at radius 1 is 1.07 bits per heavy atom. The molecule has 1 amide bonds. The summed E-state index contributed by atoms with van der Waals surface area (Å²) >= 11 is 0. The van der Waals surface area contributed by atoms with Gasteiger partial charge in [-0.2, -0.15) is 0 Å². The van der Waals surface area contributed by atoms with Crippen LogP contribution in [0.4, 0.5) is 0 Å². The molecule has 0 spiro atoms. The minimum Gasteiger partial charge on any atom is -0.490 e. The fraction of sp³-hybridized carbons (Fsp3) is 0.476. The Labute approximate surface area is 178 Å². The highest BCUT2D eigenvalue weighted by atomic mass is 32.2. The van der Waals surface area contributed by atoms with E-state index in [4.69, 9.17) is 13.9 Å². The first-order valence-electron chi connectivity index (χ1n) is 9.81. The third kappa shape index (κ3) is 6.24. The largest absolute Gasteiger partial charge is 0.490 e. The van der Waals surface area contributed by atoms with Crippen molar-refractivity contribution in [2.75, 3.05) is 13.2 Å². The lowest BCUT2D eigenvalue weighted by Gasteiger charge is -2.19. The zero-order valence-electron chi connectivity index (χ0n) is 18.2. The third-order valence-corrected chi connectivity index (χ3v) is 5.56. The van der Waals surface area contributed by atoms with Gasteiger partial charge in [0.05, 0.1) is 19.3 Å².